The summed E-state index contributed by atoms with van der Waals surface area (Å²) in [7, 11) is -3.34. The van der Waals surface area contributed by atoms with E-state index in [0.29, 0.717) is 30.8 Å². The van der Waals surface area contributed by atoms with Gasteiger partial charge < -0.3 is 10.1 Å². The van der Waals surface area contributed by atoms with Gasteiger partial charge in [-0.2, -0.15) is 0 Å². The Bertz CT molecular complexity index is 923. The zero-order valence-corrected chi connectivity index (χ0v) is 17.8. The fourth-order valence-electron chi connectivity index (χ4n) is 3.75. The van der Waals surface area contributed by atoms with E-state index in [2.05, 4.69) is 11.4 Å². The second-order valence-electron chi connectivity index (χ2n) is 7.63. The molecule has 1 heterocycles. The first-order valence-corrected chi connectivity index (χ1v) is 11.9. The van der Waals surface area contributed by atoms with Gasteiger partial charge in [0.25, 0.3) is 5.91 Å². The average Bonchev–Trinajstić information content (AvgIpc) is 3.12. The number of ether oxygens (including phenoxy) is 1. The van der Waals surface area contributed by atoms with Gasteiger partial charge in [0.05, 0.1) is 17.5 Å². The van der Waals surface area contributed by atoms with E-state index < -0.39 is 22.1 Å². The summed E-state index contributed by atoms with van der Waals surface area (Å²) in [4.78, 5) is 24.6. The summed E-state index contributed by atoms with van der Waals surface area (Å²) >= 11 is 0. The van der Waals surface area contributed by atoms with Gasteiger partial charge >= 0.3 is 5.97 Å². The van der Waals surface area contributed by atoms with Gasteiger partial charge in [-0.05, 0) is 69.2 Å². The van der Waals surface area contributed by atoms with Crippen LogP contribution in [-0.4, -0.2) is 45.7 Å². The molecular weight excluding hydrogens is 392 g/mol. The lowest BCUT2D eigenvalue weighted by molar-refractivity contribution is -0.129. The molecule has 7 nitrogen and oxygen atoms in total. The molecule has 0 saturated carbocycles. The van der Waals surface area contributed by atoms with Crippen molar-refractivity contribution in [2.24, 2.45) is 0 Å². The van der Waals surface area contributed by atoms with Crippen molar-refractivity contribution in [1.82, 2.24) is 5.32 Å². The summed E-state index contributed by atoms with van der Waals surface area (Å²) in [6, 6.07) is 4.79. The van der Waals surface area contributed by atoms with E-state index in [0.717, 1.165) is 31.1 Å². The van der Waals surface area contributed by atoms with Gasteiger partial charge in [-0.15, -0.1) is 0 Å². The summed E-state index contributed by atoms with van der Waals surface area (Å²) in [5, 5.41) is 2.82. The maximum Gasteiger partial charge on any atom is 0.338 e. The molecule has 1 aromatic carbocycles. The molecule has 3 rings (SSSR count). The van der Waals surface area contributed by atoms with Crippen molar-refractivity contribution in [2.75, 3.05) is 23.7 Å². The Labute approximate surface area is 172 Å². The molecule has 1 N–H and O–H groups in total. The number of nitrogens with one attached hydrogen (secondary N) is 1. The molecule has 1 amide bonds. The summed E-state index contributed by atoms with van der Waals surface area (Å²) in [6.45, 7) is 2.44. The van der Waals surface area contributed by atoms with Crippen LogP contribution in [0.4, 0.5) is 5.69 Å². The van der Waals surface area contributed by atoms with Crippen molar-refractivity contribution < 1.29 is 22.7 Å². The highest BCUT2D eigenvalue weighted by molar-refractivity contribution is 7.92. The Morgan fingerprint density at radius 3 is 2.72 bits per heavy atom. The van der Waals surface area contributed by atoms with Crippen molar-refractivity contribution >= 4 is 27.6 Å². The Kier molecular flexibility index (Phi) is 6.62. The van der Waals surface area contributed by atoms with Crippen LogP contribution < -0.4 is 9.62 Å². The zero-order valence-electron chi connectivity index (χ0n) is 16.9. The third-order valence-electron chi connectivity index (χ3n) is 5.35. The number of rotatable bonds is 7. The fourth-order valence-corrected chi connectivity index (χ4v) is 4.71. The number of carbonyl (C=O) groups is 2. The van der Waals surface area contributed by atoms with Crippen LogP contribution >= 0.6 is 0 Å². The molecule has 8 heteroatoms. The topological polar surface area (TPSA) is 92.8 Å². The number of fused-ring (bicyclic) bond motifs is 1. The minimum Gasteiger partial charge on any atom is -0.449 e. The lowest BCUT2D eigenvalue weighted by Crippen LogP contribution is -2.36. The van der Waals surface area contributed by atoms with Crippen LogP contribution in [0.3, 0.4) is 0 Å². The molecule has 0 radical (unpaired) electrons. The predicted octanol–water partition coefficient (Wildman–Crippen LogP) is 2.56. The Hall–Kier alpha value is -2.35. The van der Waals surface area contributed by atoms with Crippen LogP contribution in [0.5, 0.6) is 0 Å². The van der Waals surface area contributed by atoms with Crippen LogP contribution in [0.25, 0.3) is 0 Å². The molecule has 1 aliphatic heterocycles. The standard InChI is InChI=1S/C21H28N2O5S/c1-15(20(24)22-12-10-16-6-4-3-5-7-16)28-21(25)18-8-9-19-17(14-18)11-13-23(19)29(2,26)27/h6,8-9,14-15H,3-5,7,10-13H2,1-2H3,(H,22,24)/t15-/m1/s1. The van der Waals surface area contributed by atoms with Gasteiger partial charge in [-0.1, -0.05) is 11.6 Å². The van der Waals surface area contributed by atoms with Gasteiger partial charge in [0, 0.05) is 13.1 Å². The highest BCUT2D eigenvalue weighted by Gasteiger charge is 2.27. The summed E-state index contributed by atoms with van der Waals surface area (Å²) in [5.41, 5.74) is 3.06. The number of esters is 1. The minimum atomic E-state index is -3.34. The molecule has 1 aromatic rings. The van der Waals surface area contributed by atoms with Crippen molar-refractivity contribution in [3.63, 3.8) is 0 Å². The van der Waals surface area contributed by atoms with E-state index in [1.165, 1.54) is 28.8 Å². The Morgan fingerprint density at radius 1 is 1.24 bits per heavy atom. The summed E-state index contributed by atoms with van der Waals surface area (Å²) in [6.07, 6.45) is 8.52. The van der Waals surface area contributed by atoms with Gasteiger partial charge in [-0.3, -0.25) is 9.10 Å². The number of hydrogen-bond donors (Lipinski definition) is 1. The molecule has 2 aliphatic rings. The molecule has 0 fully saturated rings. The first-order valence-electron chi connectivity index (χ1n) is 10.0. The molecule has 1 aliphatic carbocycles. The fraction of sp³-hybridized carbons (Fsp3) is 0.524. The van der Waals surface area contributed by atoms with Crippen molar-refractivity contribution in [2.45, 2.75) is 51.6 Å². The number of anilines is 1. The molecule has 0 spiro atoms. The van der Waals surface area contributed by atoms with E-state index in [-0.39, 0.29) is 5.91 Å². The number of carbonyl (C=O) groups excluding carboxylic acids is 2. The number of sulfonamides is 1. The summed E-state index contributed by atoms with van der Waals surface area (Å²) < 4.78 is 30.2. The Morgan fingerprint density at radius 2 is 2.03 bits per heavy atom. The number of allylic oxidation sites excluding steroid dienone is 1. The molecule has 0 bridgehead atoms. The highest BCUT2D eigenvalue weighted by Crippen LogP contribution is 2.31. The van der Waals surface area contributed by atoms with E-state index >= 15 is 0 Å². The monoisotopic (exact) mass is 420 g/mol. The largest absolute Gasteiger partial charge is 0.449 e. The molecular formula is C21H28N2O5S. The van der Waals surface area contributed by atoms with E-state index in [1.54, 1.807) is 19.1 Å². The number of amides is 1. The first kappa shape index (κ1) is 21.4. The van der Waals surface area contributed by atoms with Crippen molar-refractivity contribution in [3.05, 3.63) is 41.0 Å². The van der Waals surface area contributed by atoms with Crippen LogP contribution in [0, 0.1) is 0 Å². The molecule has 158 valence electrons. The maximum absolute atomic E-state index is 12.4. The second-order valence-corrected chi connectivity index (χ2v) is 9.53. The third kappa shape index (κ3) is 5.38. The van der Waals surface area contributed by atoms with Crippen molar-refractivity contribution in [1.29, 1.82) is 0 Å². The lowest BCUT2D eigenvalue weighted by atomic mass is 9.97. The quantitative estimate of drug-likeness (QED) is 0.541. The highest BCUT2D eigenvalue weighted by atomic mass is 32.2. The normalized spacial score (nSPS) is 17.3. The van der Waals surface area contributed by atoms with Gasteiger partial charge in [0.2, 0.25) is 10.0 Å². The van der Waals surface area contributed by atoms with Gasteiger partial charge in [0.1, 0.15) is 0 Å². The molecule has 0 saturated heterocycles. The van der Waals surface area contributed by atoms with Gasteiger partial charge in [0.15, 0.2) is 6.10 Å². The van der Waals surface area contributed by atoms with Crippen molar-refractivity contribution in [3.8, 4) is 0 Å². The number of benzene rings is 1. The Balaban J connectivity index is 1.53. The van der Waals surface area contributed by atoms with E-state index in [4.69, 9.17) is 4.74 Å². The van der Waals surface area contributed by atoms with E-state index in [9.17, 15) is 18.0 Å². The predicted molar refractivity (Wildman–Crippen MR) is 111 cm³/mol. The second kappa shape index (κ2) is 8.98. The van der Waals surface area contributed by atoms with Crippen LogP contribution in [0.15, 0.2) is 29.8 Å². The zero-order chi connectivity index (χ0) is 21.0. The first-order chi connectivity index (χ1) is 13.8. The van der Waals surface area contributed by atoms with Crippen LogP contribution in [-0.2, 0) is 26.0 Å². The lowest BCUT2D eigenvalue weighted by Gasteiger charge is -2.17. The third-order valence-corrected chi connectivity index (χ3v) is 6.53. The minimum absolute atomic E-state index is 0.311. The van der Waals surface area contributed by atoms with E-state index in [1.807, 2.05) is 0 Å². The summed E-state index contributed by atoms with van der Waals surface area (Å²) in [5.74, 6) is -0.914. The molecule has 1 atom stereocenters. The number of hydrogen-bond acceptors (Lipinski definition) is 5. The molecule has 0 aromatic heterocycles. The average molecular weight is 421 g/mol. The molecule has 29 heavy (non-hydrogen) atoms. The molecule has 0 unspecified atom stereocenters. The van der Waals surface area contributed by atoms with Crippen LogP contribution in [0.2, 0.25) is 0 Å². The number of nitrogens with zero attached hydrogens (tertiary/aromatic N) is 1. The van der Waals surface area contributed by atoms with Gasteiger partial charge in [-0.25, -0.2) is 13.2 Å². The SMILES string of the molecule is C[C@@H](OC(=O)c1ccc2c(c1)CCN2S(C)(=O)=O)C(=O)NCCC1=CCCCC1. The van der Waals surface area contributed by atoms with Crippen LogP contribution in [0.1, 0.15) is 54.9 Å². The maximum atomic E-state index is 12.4. The smallest absolute Gasteiger partial charge is 0.338 e.